The fourth-order valence-electron chi connectivity index (χ4n) is 1.22. The lowest BCUT2D eigenvalue weighted by molar-refractivity contribution is -0.00352. The van der Waals surface area contributed by atoms with E-state index in [0.717, 1.165) is 0 Å². The molecule has 0 heterocycles. The van der Waals surface area contributed by atoms with Crippen LogP contribution >= 0.6 is 11.6 Å². The Kier molecular flexibility index (Phi) is 14.5. The molecule has 0 amide bonds. The number of halogens is 1. The van der Waals surface area contributed by atoms with Gasteiger partial charge in [-0.05, 0) is 19.6 Å². The standard InChI is InChI=1S/C13H29ClO5Si/c1-20(2,3)19-13-12-18-11-10-17-9-8-16-7-6-15-5-4-14/h4-13H2,1-3H3. The van der Waals surface area contributed by atoms with Crippen LogP contribution in [0.15, 0.2) is 0 Å². The van der Waals surface area contributed by atoms with E-state index in [4.69, 9.17) is 35.0 Å². The lowest BCUT2D eigenvalue weighted by atomic mass is 10.7. The Morgan fingerprint density at radius 1 is 0.600 bits per heavy atom. The molecule has 7 heteroatoms. The number of hydrogen-bond donors (Lipinski definition) is 0. The smallest absolute Gasteiger partial charge is 0.183 e. The summed E-state index contributed by atoms with van der Waals surface area (Å²) >= 11 is 5.46. The Bertz CT molecular complexity index is 202. The van der Waals surface area contributed by atoms with Crippen molar-refractivity contribution in [3.05, 3.63) is 0 Å². The van der Waals surface area contributed by atoms with E-state index in [-0.39, 0.29) is 0 Å². The van der Waals surface area contributed by atoms with Gasteiger partial charge in [-0.15, -0.1) is 11.6 Å². The third-order valence-corrected chi connectivity index (χ3v) is 3.32. The van der Waals surface area contributed by atoms with Gasteiger partial charge in [0.2, 0.25) is 0 Å². The van der Waals surface area contributed by atoms with Gasteiger partial charge in [-0.2, -0.15) is 0 Å². The number of alkyl halides is 1. The van der Waals surface area contributed by atoms with Crippen molar-refractivity contribution in [2.75, 3.05) is 65.3 Å². The molecule has 5 nitrogen and oxygen atoms in total. The summed E-state index contributed by atoms with van der Waals surface area (Å²) < 4.78 is 26.9. The maximum Gasteiger partial charge on any atom is 0.183 e. The summed E-state index contributed by atoms with van der Waals surface area (Å²) in [6, 6.07) is 0. The van der Waals surface area contributed by atoms with E-state index >= 15 is 0 Å². The van der Waals surface area contributed by atoms with Crippen molar-refractivity contribution in [3.63, 3.8) is 0 Å². The van der Waals surface area contributed by atoms with Crippen molar-refractivity contribution in [1.29, 1.82) is 0 Å². The van der Waals surface area contributed by atoms with Crippen LogP contribution in [0.2, 0.25) is 19.6 Å². The molecule has 0 aromatic carbocycles. The van der Waals surface area contributed by atoms with Crippen LogP contribution < -0.4 is 0 Å². The molecule has 0 atom stereocenters. The van der Waals surface area contributed by atoms with Gasteiger partial charge in [0.1, 0.15) is 0 Å². The zero-order chi connectivity index (χ0) is 15.1. The maximum atomic E-state index is 5.66. The highest BCUT2D eigenvalue weighted by molar-refractivity contribution is 6.69. The molecular weight excluding hydrogens is 300 g/mol. The monoisotopic (exact) mass is 328 g/mol. The second-order valence-corrected chi connectivity index (χ2v) is 9.99. The van der Waals surface area contributed by atoms with E-state index in [9.17, 15) is 0 Å². The molecule has 0 bridgehead atoms. The molecule has 0 aliphatic carbocycles. The van der Waals surface area contributed by atoms with Gasteiger partial charge in [0.05, 0.1) is 59.5 Å². The third kappa shape index (κ3) is 18.3. The van der Waals surface area contributed by atoms with Crippen molar-refractivity contribution < 1.29 is 23.4 Å². The fraction of sp³-hybridized carbons (Fsp3) is 1.00. The number of rotatable bonds is 15. The molecule has 0 saturated heterocycles. The van der Waals surface area contributed by atoms with Gasteiger partial charge < -0.3 is 23.4 Å². The summed E-state index contributed by atoms with van der Waals surface area (Å²) in [7, 11) is -1.41. The van der Waals surface area contributed by atoms with Crippen LogP contribution in [0.5, 0.6) is 0 Å². The average Bonchev–Trinajstić information content (AvgIpc) is 2.38. The molecule has 0 N–H and O–H groups in total. The SMILES string of the molecule is C[Si](C)(C)OCCOCCOCCOCCOCCCl. The summed E-state index contributed by atoms with van der Waals surface area (Å²) in [5.74, 6) is 0.520. The van der Waals surface area contributed by atoms with E-state index < -0.39 is 8.32 Å². The largest absolute Gasteiger partial charge is 0.415 e. The Hall–Kier alpha value is 0.307. The highest BCUT2D eigenvalue weighted by atomic mass is 35.5. The molecule has 122 valence electrons. The number of hydrogen-bond acceptors (Lipinski definition) is 5. The van der Waals surface area contributed by atoms with E-state index in [1.165, 1.54) is 0 Å². The van der Waals surface area contributed by atoms with E-state index in [0.29, 0.717) is 65.3 Å². The predicted octanol–water partition coefficient (Wildman–Crippen LogP) is 2.14. The predicted molar refractivity (Wildman–Crippen MR) is 83.3 cm³/mol. The van der Waals surface area contributed by atoms with Gasteiger partial charge >= 0.3 is 0 Å². The van der Waals surface area contributed by atoms with Gasteiger partial charge in [0, 0.05) is 5.88 Å². The summed E-state index contributed by atoms with van der Waals surface area (Å²) in [6.07, 6.45) is 0. The Morgan fingerprint density at radius 2 is 0.950 bits per heavy atom. The maximum absolute atomic E-state index is 5.66. The molecule has 0 aromatic heterocycles. The molecule has 0 radical (unpaired) electrons. The molecule has 0 aliphatic heterocycles. The lowest BCUT2D eigenvalue weighted by Gasteiger charge is -2.16. The first kappa shape index (κ1) is 20.3. The normalized spacial score (nSPS) is 12.0. The quantitative estimate of drug-likeness (QED) is 0.262. The molecule has 0 spiro atoms. The molecule has 0 fully saturated rings. The number of ether oxygens (including phenoxy) is 4. The molecule has 0 saturated carbocycles. The van der Waals surface area contributed by atoms with E-state index in [1.54, 1.807) is 0 Å². The van der Waals surface area contributed by atoms with Crippen LogP contribution in [0, 0.1) is 0 Å². The van der Waals surface area contributed by atoms with Gasteiger partial charge in [-0.3, -0.25) is 0 Å². The second kappa shape index (κ2) is 14.3. The molecule has 0 aromatic rings. The van der Waals surface area contributed by atoms with Gasteiger partial charge in [-0.1, -0.05) is 0 Å². The zero-order valence-corrected chi connectivity index (χ0v) is 14.7. The summed E-state index contributed by atoms with van der Waals surface area (Å²) in [4.78, 5) is 0. The molecule has 0 rings (SSSR count). The first-order chi connectivity index (χ1) is 9.56. The van der Waals surface area contributed by atoms with Crippen molar-refractivity contribution in [3.8, 4) is 0 Å². The van der Waals surface area contributed by atoms with E-state index in [2.05, 4.69) is 19.6 Å². The minimum atomic E-state index is -1.41. The Labute approximate surface area is 128 Å². The van der Waals surface area contributed by atoms with Crippen molar-refractivity contribution in [2.24, 2.45) is 0 Å². The minimum Gasteiger partial charge on any atom is -0.415 e. The van der Waals surface area contributed by atoms with Crippen molar-refractivity contribution in [1.82, 2.24) is 0 Å². The molecule has 0 unspecified atom stereocenters. The first-order valence-electron chi connectivity index (χ1n) is 7.07. The molecule has 0 aliphatic rings. The minimum absolute atomic E-state index is 0.520. The summed E-state index contributed by atoms with van der Waals surface area (Å²) in [6.45, 7) is 11.8. The second-order valence-electron chi connectivity index (χ2n) is 5.10. The van der Waals surface area contributed by atoms with Crippen molar-refractivity contribution in [2.45, 2.75) is 19.6 Å². The molecular formula is C13H29ClO5Si. The highest BCUT2D eigenvalue weighted by Crippen LogP contribution is 2.01. The van der Waals surface area contributed by atoms with Gasteiger partial charge in [0.25, 0.3) is 0 Å². The van der Waals surface area contributed by atoms with E-state index in [1.807, 2.05) is 0 Å². The summed E-state index contributed by atoms with van der Waals surface area (Å²) in [5, 5.41) is 0. The van der Waals surface area contributed by atoms with Gasteiger partial charge in [0.15, 0.2) is 8.32 Å². The zero-order valence-electron chi connectivity index (χ0n) is 13.0. The summed E-state index contributed by atoms with van der Waals surface area (Å²) in [5.41, 5.74) is 0. The van der Waals surface area contributed by atoms with Crippen LogP contribution in [-0.4, -0.2) is 73.7 Å². The van der Waals surface area contributed by atoms with Crippen LogP contribution in [0.25, 0.3) is 0 Å². The Morgan fingerprint density at radius 3 is 1.30 bits per heavy atom. The topological polar surface area (TPSA) is 46.2 Å². The highest BCUT2D eigenvalue weighted by Gasteiger charge is 2.12. The van der Waals surface area contributed by atoms with Gasteiger partial charge in [-0.25, -0.2) is 0 Å². The average molecular weight is 329 g/mol. The third-order valence-electron chi connectivity index (χ3n) is 2.10. The first-order valence-corrected chi connectivity index (χ1v) is 11.0. The van der Waals surface area contributed by atoms with Crippen LogP contribution in [0.3, 0.4) is 0 Å². The molecule has 20 heavy (non-hydrogen) atoms. The fourth-order valence-corrected chi connectivity index (χ4v) is 2.03. The van der Waals surface area contributed by atoms with Crippen molar-refractivity contribution >= 4 is 19.9 Å². The van der Waals surface area contributed by atoms with Crippen LogP contribution in [0.1, 0.15) is 0 Å². The van der Waals surface area contributed by atoms with Crippen LogP contribution in [0.4, 0.5) is 0 Å². The van der Waals surface area contributed by atoms with Crippen LogP contribution in [-0.2, 0) is 23.4 Å². The Balaban J connectivity index is 2.99. The lowest BCUT2D eigenvalue weighted by Crippen LogP contribution is -2.27.